The Bertz CT molecular complexity index is 937. The van der Waals surface area contributed by atoms with Crippen molar-refractivity contribution >= 4 is 21.6 Å². The van der Waals surface area contributed by atoms with Gasteiger partial charge in [-0.1, -0.05) is 11.6 Å². The minimum Gasteiger partial charge on any atom is -0.495 e. The highest BCUT2D eigenvalue weighted by Crippen LogP contribution is 2.34. The van der Waals surface area contributed by atoms with Crippen LogP contribution < -0.4 is 4.74 Å². The third kappa shape index (κ3) is 3.59. The van der Waals surface area contributed by atoms with Crippen LogP contribution in [-0.4, -0.2) is 44.6 Å². The molecule has 0 saturated carbocycles. The van der Waals surface area contributed by atoms with E-state index in [4.69, 9.17) is 25.5 Å². The number of ether oxygens (including phenoxy) is 2. The molecule has 0 spiro atoms. The second-order valence-corrected chi connectivity index (χ2v) is 9.04. The van der Waals surface area contributed by atoms with Gasteiger partial charge in [0, 0.05) is 37.1 Å². The van der Waals surface area contributed by atoms with Gasteiger partial charge >= 0.3 is 0 Å². The van der Waals surface area contributed by atoms with E-state index in [1.807, 2.05) is 0 Å². The first-order valence-corrected chi connectivity index (χ1v) is 10.7. The third-order valence-electron chi connectivity index (χ3n) is 5.02. The number of rotatable bonds is 4. The molecule has 1 aromatic heterocycles. The number of methoxy groups -OCH3 is 1. The molecule has 2 aromatic rings. The lowest BCUT2D eigenvalue weighted by atomic mass is 10.0. The fourth-order valence-electron chi connectivity index (χ4n) is 3.51. The molecule has 4 rings (SSSR count). The van der Waals surface area contributed by atoms with E-state index in [0.717, 1.165) is 18.6 Å². The van der Waals surface area contributed by atoms with Crippen molar-refractivity contribution in [2.45, 2.75) is 36.6 Å². The molecule has 0 unspecified atom stereocenters. The summed E-state index contributed by atoms with van der Waals surface area (Å²) in [7, 11) is -2.32. The normalized spacial score (nSPS) is 19.0. The Morgan fingerprint density at radius 1 is 1.30 bits per heavy atom. The average molecular weight is 413 g/mol. The predicted molar refractivity (Wildman–Crippen MR) is 98.6 cm³/mol. The molecule has 27 heavy (non-hydrogen) atoms. The van der Waals surface area contributed by atoms with E-state index in [1.165, 1.54) is 17.5 Å². The number of aromatic nitrogens is 1. The van der Waals surface area contributed by atoms with Crippen LogP contribution in [0.3, 0.4) is 0 Å². The Morgan fingerprint density at radius 3 is 2.81 bits per heavy atom. The van der Waals surface area contributed by atoms with Crippen LogP contribution in [0.1, 0.15) is 36.1 Å². The number of hydrogen-bond acceptors (Lipinski definition) is 6. The van der Waals surface area contributed by atoms with Gasteiger partial charge in [-0.15, -0.1) is 0 Å². The van der Waals surface area contributed by atoms with Crippen LogP contribution in [0.2, 0.25) is 5.02 Å². The first kappa shape index (κ1) is 18.7. The summed E-state index contributed by atoms with van der Waals surface area (Å²) in [5.41, 5.74) is 0.687. The van der Waals surface area contributed by atoms with Gasteiger partial charge in [0.15, 0.2) is 5.89 Å². The van der Waals surface area contributed by atoms with E-state index in [2.05, 4.69) is 4.98 Å². The van der Waals surface area contributed by atoms with Crippen molar-refractivity contribution in [3.8, 4) is 5.75 Å². The molecular weight excluding hydrogens is 392 g/mol. The molecule has 9 heteroatoms. The first-order chi connectivity index (χ1) is 13.0. The van der Waals surface area contributed by atoms with Crippen molar-refractivity contribution in [1.29, 1.82) is 0 Å². The molecule has 0 bridgehead atoms. The highest BCUT2D eigenvalue weighted by molar-refractivity contribution is 7.89. The molecule has 1 saturated heterocycles. The largest absolute Gasteiger partial charge is 0.495 e. The Hall–Kier alpha value is -1.61. The number of fused-ring (bicyclic) bond motifs is 1. The lowest BCUT2D eigenvalue weighted by molar-refractivity contribution is 0.0791. The molecule has 1 aromatic carbocycles. The van der Waals surface area contributed by atoms with E-state index >= 15 is 0 Å². The Morgan fingerprint density at radius 2 is 2.07 bits per heavy atom. The van der Waals surface area contributed by atoms with Gasteiger partial charge in [-0.25, -0.2) is 13.4 Å². The van der Waals surface area contributed by atoms with Crippen molar-refractivity contribution < 1.29 is 22.3 Å². The second kappa shape index (κ2) is 7.43. The smallest absolute Gasteiger partial charge is 0.247 e. The number of oxazole rings is 1. The van der Waals surface area contributed by atoms with Crippen molar-refractivity contribution in [3.05, 3.63) is 40.6 Å². The Kier molecular flexibility index (Phi) is 5.15. The summed E-state index contributed by atoms with van der Waals surface area (Å²) in [5, 5.41) is 0.343. The van der Waals surface area contributed by atoms with E-state index in [9.17, 15) is 8.42 Å². The first-order valence-electron chi connectivity index (χ1n) is 8.89. The molecule has 146 valence electrons. The van der Waals surface area contributed by atoms with Gasteiger partial charge in [0.25, 0.3) is 0 Å². The van der Waals surface area contributed by atoms with E-state index in [1.54, 1.807) is 12.1 Å². The predicted octanol–water partition coefficient (Wildman–Crippen LogP) is 2.98. The summed E-state index contributed by atoms with van der Waals surface area (Å²) in [6.07, 6.45) is 2.25. The highest BCUT2D eigenvalue weighted by Gasteiger charge is 2.34. The molecule has 0 aliphatic carbocycles. The maximum atomic E-state index is 13.1. The number of benzene rings is 1. The lowest BCUT2D eigenvalue weighted by Gasteiger charge is -2.25. The van der Waals surface area contributed by atoms with Crippen molar-refractivity contribution in [2.24, 2.45) is 0 Å². The quantitative estimate of drug-likeness (QED) is 0.767. The fourth-order valence-corrected chi connectivity index (χ4v) is 5.33. The maximum absolute atomic E-state index is 13.1. The average Bonchev–Trinajstić information content (AvgIpc) is 3.12. The van der Waals surface area contributed by atoms with Crippen LogP contribution in [0.5, 0.6) is 5.75 Å². The number of nitrogens with zero attached hydrogens (tertiary/aromatic N) is 2. The SMILES string of the molecule is COc1ccc(Cl)cc1S(=O)(=O)N1CCc2oc(C3CCOCC3)nc2C1. The standard InChI is InChI=1S/C18H21ClN2O5S/c1-24-16-3-2-13(19)10-17(16)27(22,23)21-7-4-15-14(11-21)20-18(26-15)12-5-8-25-9-6-12/h2-3,10,12H,4-9,11H2,1H3. The van der Waals surface area contributed by atoms with E-state index in [-0.39, 0.29) is 23.1 Å². The van der Waals surface area contributed by atoms with Crippen LogP contribution in [0, 0.1) is 0 Å². The summed E-state index contributed by atoms with van der Waals surface area (Å²) in [5.74, 6) is 1.99. The van der Waals surface area contributed by atoms with Crippen molar-refractivity contribution in [2.75, 3.05) is 26.9 Å². The number of halogens is 1. The molecule has 0 amide bonds. The molecule has 2 aliphatic rings. The molecule has 0 radical (unpaired) electrons. The zero-order valence-electron chi connectivity index (χ0n) is 15.0. The van der Waals surface area contributed by atoms with Gasteiger partial charge in [0.2, 0.25) is 10.0 Å². The van der Waals surface area contributed by atoms with Gasteiger partial charge in [-0.2, -0.15) is 4.31 Å². The van der Waals surface area contributed by atoms with Crippen LogP contribution in [0.4, 0.5) is 0 Å². The molecule has 3 heterocycles. The molecule has 0 N–H and O–H groups in total. The van der Waals surface area contributed by atoms with Crippen molar-refractivity contribution in [3.63, 3.8) is 0 Å². The summed E-state index contributed by atoms with van der Waals surface area (Å²) in [4.78, 5) is 4.67. The molecular formula is C18H21ClN2O5S. The van der Waals surface area contributed by atoms with Gasteiger partial charge < -0.3 is 13.9 Å². The van der Waals surface area contributed by atoms with E-state index in [0.29, 0.717) is 42.8 Å². The highest BCUT2D eigenvalue weighted by atomic mass is 35.5. The molecule has 7 nitrogen and oxygen atoms in total. The molecule has 1 fully saturated rings. The summed E-state index contributed by atoms with van der Waals surface area (Å²) in [6, 6.07) is 4.58. The maximum Gasteiger partial charge on any atom is 0.247 e. The minimum atomic E-state index is -3.76. The summed E-state index contributed by atoms with van der Waals surface area (Å²) < 4.78 is 44.3. The monoisotopic (exact) mass is 412 g/mol. The van der Waals surface area contributed by atoms with Gasteiger partial charge in [-0.3, -0.25) is 0 Å². The summed E-state index contributed by atoms with van der Waals surface area (Å²) in [6.45, 7) is 1.91. The van der Waals surface area contributed by atoms with Gasteiger partial charge in [0.1, 0.15) is 16.4 Å². The molecule has 2 aliphatic heterocycles. The topological polar surface area (TPSA) is 81.9 Å². The van der Waals surface area contributed by atoms with Crippen LogP contribution in [-0.2, 0) is 27.7 Å². The summed E-state index contributed by atoms with van der Waals surface area (Å²) >= 11 is 6.01. The fraction of sp³-hybridized carbons (Fsp3) is 0.500. The Balaban J connectivity index is 1.60. The second-order valence-electron chi connectivity index (χ2n) is 6.69. The van der Waals surface area contributed by atoms with Gasteiger partial charge in [-0.05, 0) is 31.0 Å². The Labute approximate surface area is 163 Å². The zero-order valence-corrected chi connectivity index (χ0v) is 16.6. The third-order valence-corrected chi connectivity index (χ3v) is 7.12. The van der Waals surface area contributed by atoms with E-state index < -0.39 is 10.0 Å². The number of hydrogen-bond donors (Lipinski definition) is 0. The zero-order chi connectivity index (χ0) is 19.0. The van der Waals surface area contributed by atoms with Crippen LogP contribution >= 0.6 is 11.6 Å². The minimum absolute atomic E-state index is 0.0640. The van der Waals surface area contributed by atoms with Crippen LogP contribution in [0.25, 0.3) is 0 Å². The van der Waals surface area contributed by atoms with Gasteiger partial charge in [0.05, 0.1) is 19.3 Å². The molecule has 0 atom stereocenters. The number of sulfonamides is 1. The van der Waals surface area contributed by atoms with Crippen molar-refractivity contribution in [1.82, 2.24) is 9.29 Å². The lowest BCUT2D eigenvalue weighted by Crippen LogP contribution is -2.36. The van der Waals surface area contributed by atoms with Crippen LogP contribution in [0.15, 0.2) is 27.5 Å².